The molecule has 0 fully saturated rings. The van der Waals surface area contributed by atoms with Crippen LogP contribution in [0.4, 0.5) is 0 Å². The van der Waals surface area contributed by atoms with Gasteiger partial charge in [-0.3, -0.25) is 4.79 Å². The number of carbonyl (C=O) groups is 1. The van der Waals surface area contributed by atoms with E-state index in [0.29, 0.717) is 0 Å². The molecule has 0 spiro atoms. The molecule has 0 saturated carbocycles. The Bertz CT molecular complexity index is 694. The molecule has 2 atom stereocenters. The number of aryl methyl sites for hydroxylation is 1. The van der Waals surface area contributed by atoms with Crippen LogP contribution in [-0.2, 0) is 11.2 Å². The lowest BCUT2D eigenvalue weighted by atomic mass is 9.84. The summed E-state index contributed by atoms with van der Waals surface area (Å²) in [5.74, 6) is 4.98. The number of rotatable bonds is 2. The van der Waals surface area contributed by atoms with Crippen molar-refractivity contribution in [1.82, 2.24) is 14.9 Å². The van der Waals surface area contributed by atoms with Crippen molar-refractivity contribution in [3.63, 3.8) is 0 Å². The van der Waals surface area contributed by atoms with Gasteiger partial charge in [-0.25, -0.2) is 4.98 Å². The minimum Gasteiger partial charge on any atom is -0.336 e. The zero-order chi connectivity index (χ0) is 14.7. The van der Waals surface area contributed by atoms with Gasteiger partial charge in [-0.1, -0.05) is 30.2 Å². The number of carbonyl (C=O) groups excluding carboxylic acids is 1. The van der Waals surface area contributed by atoms with E-state index in [-0.39, 0.29) is 18.0 Å². The van der Waals surface area contributed by atoms with Crippen LogP contribution in [0.3, 0.4) is 0 Å². The second-order valence-electron chi connectivity index (χ2n) is 5.14. The number of nitrogens with one attached hydrogen (secondary N) is 1. The van der Waals surface area contributed by atoms with Gasteiger partial charge in [-0.2, -0.15) is 0 Å². The number of nitrogens with zero attached hydrogens (tertiary/aromatic N) is 2. The second-order valence-corrected chi connectivity index (χ2v) is 5.14. The van der Waals surface area contributed by atoms with E-state index in [9.17, 15) is 4.79 Å². The van der Waals surface area contributed by atoms with E-state index in [1.165, 1.54) is 11.1 Å². The smallest absolute Gasteiger partial charge is 0.296 e. The van der Waals surface area contributed by atoms with Gasteiger partial charge in [-0.15, -0.1) is 0 Å². The second kappa shape index (κ2) is 5.84. The first-order valence-corrected chi connectivity index (χ1v) is 7.08. The number of amides is 1. The van der Waals surface area contributed by atoms with E-state index < -0.39 is 0 Å². The molecule has 1 aromatic carbocycles. The Morgan fingerprint density at radius 2 is 2.29 bits per heavy atom. The van der Waals surface area contributed by atoms with Crippen LogP contribution in [0.2, 0.25) is 0 Å². The predicted molar refractivity (Wildman–Crippen MR) is 80.4 cm³/mol. The van der Waals surface area contributed by atoms with Crippen LogP contribution >= 0.6 is 0 Å². The SMILES string of the molecule is CC#CC(=O)NC1c2ccccc2CCC1n1ccnc1. The Morgan fingerprint density at radius 3 is 3.05 bits per heavy atom. The Labute approximate surface area is 124 Å². The summed E-state index contributed by atoms with van der Waals surface area (Å²) in [5, 5.41) is 3.05. The molecule has 0 aliphatic heterocycles. The largest absolute Gasteiger partial charge is 0.336 e. The third kappa shape index (κ3) is 2.68. The van der Waals surface area contributed by atoms with Crippen LogP contribution < -0.4 is 5.32 Å². The summed E-state index contributed by atoms with van der Waals surface area (Å²) in [5.41, 5.74) is 2.47. The summed E-state index contributed by atoms with van der Waals surface area (Å²) in [6, 6.07) is 8.37. The molecule has 106 valence electrons. The molecule has 1 heterocycles. The maximum atomic E-state index is 11.9. The third-order valence-electron chi connectivity index (χ3n) is 3.92. The van der Waals surface area contributed by atoms with Gasteiger partial charge in [0.15, 0.2) is 0 Å². The summed E-state index contributed by atoms with van der Waals surface area (Å²) in [6.07, 6.45) is 7.50. The van der Waals surface area contributed by atoms with Gasteiger partial charge in [0.2, 0.25) is 0 Å². The van der Waals surface area contributed by atoms with E-state index >= 15 is 0 Å². The number of imidazole rings is 1. The minimum absolute atomic E-state index is 0.0718. The fourth-order valence-corrected chi connectivity index (χ4v) is 2.99. The Balaban J connectivity index is 1.97. The number of benzene rings is 1. The molecule has 0 bridgehead atoms. The van der Waals surface area contributed by atoms with Crippen LogP contribution in [0.15, 0.2) is 43.0 Å². The van der Waals surface area contributed by atoms with Crippen molar-refractivity contribution < 1.29 is 4.79 Å². The fraction of sp³-hybridized carbons (Fsp3) is 0.294. The van der Waals surface area contributed by atoms with E-state index in [4.69, 9.17) is 0 Å². The van der Waals surface area contributed by atoms with Crippen molar-refractivity contribution in [1.29, 1.82) is 0 Å². The molecule has 3 rings (SSSR count). The number of aromatic nitrogens is 2. The van der Waals surface area contributed by atoms with Gasteiger partial charge in [-0.05, 0) is 36.8 Å². The summed E-state index contributed by atoms with van der Waals surface area (Å²) in [6.45, 7) is 1.67. The molecular weight excluding hydrogens is 262 g/mol. The first-order valence-electron chi connectivity index (χ1n) is 7.08. The molecule has 4 heteroatoms. The third-order valence-corrected chi connectivity index (χ3v) is 3.92. The number of hydrogen-bond donors (Lipinski definition) is 1. The predicted octanol–water partition coefficient (Wildman–Crippen LogP) is 2.25. The molecular formula is C17H17N3O. The molecule has 1 amide bonds. The van der Waals surface area contributed by atoms with Crippen molar-refractivity contribution in [2.75, 3.05) is 0 Å². The Morgan fingerprint density at radius 1 is 1.43 bits per heavy atom. The standard InChI is InChI=1S/C17H17N3O/c1-2-5-16(21)19-17-14-7-4-3-6-13(14)8-9-15(17)20-11-10-18-12-20/h3-4,6-7,10-12,15,17H,8-9H2,1H3,(H,19,21). The number of fused-ring (bicyclic) bond motifs is 1. The lowest BCUT2D eigenvalue weighted by molar-refractivity contribution is -0.116. The van der Waals surface area contributed by atoms with Crippen LogP contribution in [-0.4, -0.2) is 15.5 Å². The van der Waals surface area contributed by atoms with Crippen molar-refractivity contribution in [3.05, 3.63) is 54.1 Å². The van der Waals surface area contributed by atoms with E-state index in [0.717, 1.165) is 12.8 Å². The molecule has 0 radical (unpaired) electrons. The molecule has 1 N–H and O–H groups in total. The van der Waals surface area contributed by atoms with Crippen LogP contribution in [0.1, 0.15) is 36.6 Å². The fourth-order valence-electron chi connectivity index (χ4n) is 2.99. The maximum absolute atomic E-state index is 11.9. The highest BCUT2D eigenvalue weighted by Crippen LogP contribution is 2.37. The molecule has 0 saturated heterocycles. The lowest BCUT2D eigenvalue weighted by Crippen LogP contribution is -2.36. The highest BCUT2D eigenvalue weighted by atomic mass is 16.1. The van der Waals surface area contributed by atoms with Gasteiger partial charge in [0.05, 0.1) is 18.4 Å². The molecule has 21 heavy (non-hydrogen) atoms. The summed E-state index contributed by atoms with van der Waals surface area (Å²) in [7, 11) is 0. The normalized spacial score (nSPS) is 20.0. The van der Waals surface area contributed by atoms with Gasteiger partial charge in [0.25, 0.3) is 5.91 Å². The van der Waals surface area contributed by atoms with Crippen molar-refractivity contribution in [2.24, 2.45) is 0 Å². The van der Waals surface area contributed by atoms with Crippen molar-refractivity contribution in [3.8, 4) is 11.8 Å². The first-order chi connectivity index (χ1) is 10.3. The quantitative estimate of drug-likeness (QED) is 0.857. The van der Waals surface area contributed by atoms with E-state index in [1.807, 2.05) is 24.7 Å². The van der Waals surface area contributed by atoms with Gasteiger partial charge in [0, 0.05) is 12.4 Å². The first kappa shape index (κ1) is 13.4. The zero-order valence-corrected chi connectivity index (χ0v) is 11.9. The highest BCUT2D eigenvalue weighted by molar-refractivity contribution is 5.93. The molecule has 4 nitrogen and oxygen atoms in total. The average Bonchev–Trinajstić information content (AvgIpc) is 3.02. The van der Waals surface area contributed by atoms with Gasteiger partial charge < -0.3 is 9.88 Å². The zero-order valence-electron chi connectivity index (χ0n) is 11.9. The van der Waals surface area contributed by atoms with Gasteiger partial charge in [0.1, 0.15) is 0 Å². The number of hydrogen-bond acceptors (Lipinski definition) is 2. The Kier molecular flexibility index (Phi) is 3.74. The molecule has 1 aliphatic carbocycles. The minimum atomic E-state index is -0.232. The molecule has 1 aliphatic rings. The highest BCUT2D eigenvalue weighted by Gasteiger charge is 2.31. The summed E-state index contributed by atoms with van der Waals surface area (Å²) >= 11 is 0. The van der Waals surface area contributed by atoms with Crippen LogP contribution in [0.25, 0.3) is 0 Å². The topological polar surface area (TPSA) is 46.9 Å². The van der Waals surface area contributed by atoms with Crippen molar-refractivity contribution in [2.45, 2.75) is 31.8 Å². The van der Waals surface area contributed by atoms with Crippen LogP contribution in [0, 0.1) is 11.8 Å². The maximum Gasteiger partial charge on any atom is 0.296 e. The molecule has 2 unspecified atom stereocenters. The monoisotopic (exact) mass is 279 g/mol. The summed E-state index contributed by atoms with van der Waals surface area (Å²) in [4.78, 5) is 16.1. The summed E-state index contributed by atoms with van der Waals surface area (Å²) < 4.78 is 2.07. The average molecular weight is 279 g/mol. The lowest BCUT2D eigenvalue weighted by Gasteiger charge is -2.34. The van der Waals surface area contributed by atoms with E-state index in [1.54, 1.807) is 13.1 Å². The van der Waals surface area contributed by atoms with E-state index in [2.05, 4.69) is 38.8 Å². The van der Waals surface area contributed by atoms with Crippen LogP contribution in [0.5, 0.6) is 0 Å². The molecule has 2 aromatic rings. The molecule has 1 aromatic heterocycles. The van der Waals surface area contributed by atoms with Crippen molar-refractivity contribution >= 4 is 5.91 Å². The Hall–Kier alpha value is -2.54. The van der Waals surface area contributed by atoms with Gasteiger partial charge >= 0.3 is 0 Å².